The van der Waals surface area contributed by atoms with E-state index in [2.05, 4.69) is 20.5 Å². The van der Waals surface area contributed by atoms with Crippen molar-refractivity contribution in [2.24, 2.45) is 0 Å². The van der Waals surface area contributed by atoms with Gasteiger partial charge < -0.3 is 5.73 Å². The van der Waals surface area contributed by atoms with Crippen LogP contribution in [0.1, 0.15) is 5.56 Å². The maximum Gasteiger partial charge on any atom is 0.200 e. The number of aromatic nitrogens is 6. The molecule has 4 aromatic rings. The van der Waals surface area contributed by atoms with Crippen LogP contribution in [0.25, 0.3) is 22.9 Å². The van der Waals surface area contributed by atoms with Crippen molar-refractivity contribution in [1.29, 1.82) is 0 Å². The highest BCUT2D eigenvalue weighted by Crippen LogP contribution is 2.27. The summed E-state index contributed by atoms with van der Waals surface area (Å²) in [7, 11) is 0. The molecular weight excluding hydrogens is 370 g/mol. The standard InChI is InChI=1S/C17H14ClN7S/c1-10-4-2-3-5-13(10)24-16(21-22-17(24)26)14-15(19)25(23-20-14)12-8-6-11(18)7-9-12/h2-9H,19H2,1H3,(H,22,26). The summed E-state index contributed by atoms with van der Waals surface area (Å²) >= 11 is 11.3. The van der Waals surface area contributed by atoms with Crippen molar-refractivity contribution in [2.75, 3.05) is 5.73 Å². The van der Waals surface area contributed by atoms with E-state index >= 15 is 0 Å². The van der Waals surface area contributed by atoms with Gasteiger partial charge in [0.15, 0.2) is 22.1 Å². The van der Waals surface area contributed by atoms with E-state index in [4.69, 9.17) is 29.6 Å². The minimum absolute atomic E-state index is 0.358. The average molecular weight is 384 g/mol. The molecule has 4 rings (SSSR count). The van der Waals surface area contributed by atoms with E-state index in [0.717, 1.165) is 16.9 Å². The van der Waals surface area contributed by atoms with Gasteiger partial charge in [-0.25, -0.2) is 0 Å². The Balaban J connectivity index is 1.87. The summed E-state index contributed by atoms with van der Waals surface area (Å²) in [5.41, 5.74) is 9.45. The number of rotatable bonds is 3. The SMILES string of the molecule is Cc1ccccc1-n1c(-c2nnn(-c3ccc(Cl)cc3)c2N)n[nH]c1=S. The number of nitrogen functional groups attached to an aromatic ring is 1. The zero-order valence-corrected chi connectivity index (χ0v) is 15.3. The molecule has 7 nitrogen and oxygen atoms in total. The average Bonchev–Trinajstić information content (AvgIpc) is 3.19. The molecule has 0 fully saturated rings. The Morgan fingerprint density at radius 3 is 2.58 bits per heavy atom. The summed E-state index contributed by atoms with van der Waals surface area (Å²) in [5.74, 6) is 0.859. The number of nitrogens with one attached hydrogen (secondary N) is 1. The molecule has 0 amide bonds. The zero-order chi connectivity index (χ0) is 18.3. The summed E-state index contributed by atoms with van der Waals surface area (Å²) in [6.07, 6.45) is 0. The van der Waals surface area contributed by atoms with Crippen LogP contribution in [0.3, 0.4) is 0 Å². The second-order valence-electron chi connectivity index (χ2n) is 5.69. The van der Waals surface area contributed by atoms with Crippen LogP contribution >= 0.6 is 23.8 Å². The van der Waals surface area contributed by atoms with E-state index in [1.807, 2.05) is 43.3 Å². The lowest BCUT2D eigenvalue weighted by atomic mass is 10.2. The lowest BCUT2D eigenvalue weighted by molar-refractivity contribution is 0.809. The monoisotopic (exact) mass is 383 g/mol. The van der Waals surface area contributed by atoms with Gasteiger partial charge in [-0.15, -0.1) is 5.10 Å². The first-order chi connectivity index (χ1) is 12.6. The van der Waals surface area contributed by atoms with Crippen LogP contribution in [0, 0.1) is 11.7 Å². The number of aromatic amines is 1. The molecule has 0 saturated heterocycles. The minimum Gasteiger partial charge on any atom is -0.382 e. The number of halogens is 1. The molecule has 26 heavy (non-hydrogen) atoms. The quantitative estimate of drug-likeness (QED) is 0.526. The number of aryl methyl sites for hydroxylation is 1. The molecule has 0 unspecified atom stereocenters. The molecule has 0 spiro atoms. The van der Waals surface area contributed by atoms with Crippen molar-refractivity contribution in [3.63, 3.8) is 0 Å². The molecule has 2 heterocycles. The molecular formula is C17H14ClN7S. The second-order valence-corrected chi connectivity index (χ2v) is 6.51. The maximum absolute atomic E-state index is 6.30. The van der Waals surface area contributed by atoms with Crippen LogP contribution in [-0.4, -0.2) is 29.8 Å². The Morgan fingerprint density at radius 1 is 1.12 bits per heavy atom. The lowest BCUT2D eigenvalue weighted by Crippen LogP contribution is -2.04. The highest BCUT2D eigenvalue weighted by molar-refractivity contribution is 7.71. The molecule has 0 aliphatic rings. The van der Waals surface area contributed by atoms with Crippen molar-refractivity contribution in [3.05, 3.63) is 63.9 Å². The highest BCUT2D eigenvalue weighted by Gasteiger charge is 2.20. The predicted molar refractivity (Wildman–Crippen MR) is 103 cm³/mol. The normalized spacial score (nSPS) is 11.0. The van der Waals surface area contributed by atoms with Crippen molar-refractivity contribution >= 4 is 29.6 Å². The van der Waals surface area contributed by atoms with E-state index in [0.29, 0.717) is 27.1 Å². The largest absolute Gasteiger partial charge is 0.382 e. The number of benzene rings is 2. The third-order valence-corrected chi connectivity index (χ3v) is 4.54. The summed E-state index contributed by atoms with van der Waals surface area (Å²) in [4.78, 5) is 0. The summed E-state index contributed by atoms with van der Waals surface area (Å²) in [6, 6.07) is 15.0. The van der Waals surface area contributed by atoms with Crippen LogP contribution in [0.2, 0.25) is 5.02 Å². The first kappa shape index (κ1) is 16.5. The van der Waals surface area contributed by atoms with Gasteiger partial charge in [0.05, 0.1) is 11.4 Å². The number of nitrogens with zero attached hydrogens (tertiary/aromatic N) is 5. The van der Waals surface area contributed by atoms with Crippen LogP contribution in [-0.2, 0) is 0 Å². The number of nitrogens with two attached hydrogens (primary N) is 1. The van der Waals surface area contributed by atoms with Crippen molar-refractivity contribution in [1.82, 2.24) is 29.8 Å². The maximum atomic E-state index is 6.30. The smallest absolute Gasteiger partial charge is 0.200 e. The van der Waals surface area contributed by atoms with E-state index in [1.165, 1.54) is 4.68 Å². The van der Waals surface area contributed by atoms with Gasteiger partial charge in [-0.1, -0.05) is 35.0 Å². The zero-order valence-electron chi connectivity index (χ0n) is 13.7. The summed E-state index contributed by atoms with van der Waals surface area (Å²) in [5, 5.41) is 16.1. The predicted octanol–water partition coefficient (Wildman–Crippen LogP) is 3.72. The van der Waals surface area contributed by atoms with Gasteiger partial charge in [0, 0.05) is 5.02 Å². The highest BCUT2D eigenvalue weighted by atomic mass is 35.5. The van der Waals surface area contributed by atoms with Gasteiger partial charge in [-0.05, 0) is 55.0 Å². The third kappa shape index (κ3) is 2.69. The Bertz CT molecular complexity index is 1140. The summed E-state index contributed by atoms with van der Waals surface area (Å²) < 4.78 is 3.79. The van der Waals surface area contributed by atoms with E-state index < -0.39 is 0 Å². The van der Waals surface area contributed by atoms with E-state index in [1.54, 1.807) is 16.7 Å². The van der Waals surface area contributed by atoms with Crippen LogP contribution in [0.5, 0.6) is 0 Å². The van der Waals surface area contributed by atoms with Gasteiger partial charge in [0.1, 0.15) is 0 Å². The third-order valence-electron chi connectivity index (χ3n) is 4.02. The van der Waals surface area contributed by atoms with Gasteiger partial charge in [0.25, 0.3) is 0 Å². The van der Waals surface area contributed by atoms with Crippen molar-refractivity contribution in [3.8, 4) is 22.9 Å². The van der Waals surface area contributed by atoms with Crippen LogP contribution in [0.15, 0.2) is 48.5 Å². The van der Waals surface area contributed by atoms with Crippen LogP contribution < -0.4 is 5.73 Å². The molecule has 0 bridgehead atoms. The Hall–Kier alpha value is -2.97. The Labute approximate surface area is 159 Å². The number of hydrogen-bond donors (Lipinski definition) is 2. The molecule has 2 aromatic carbocycles. The molecule has 0 radical (unpaired) electrons. The molecule has 0 aliphatic carbocycles. The minimum atomic E-state index is 0.358. The van der Waals surface area contributed by atoms with E-state index in [-0.39, 0.29) is 0 Å². The fraction of sp³-hybridized carbons (Fsp3) is 0.0588. The molecule has 9 heteroatoms. The molecule has 0 saturated carbocycles. The van der Waals surface area contributed by atoms with Crippen LogP contribution in [0.4, 0.5) is 5.82 Å². The van der Waals surface area contributed by atoms with Gasteiger partial charge in [0.2, 0.25) is 0 Å². The lowest BCUT2D eigenvalue weighted by Gasteiger charge is -2.09. The van der Waals surface area contributed by atoms with Gasteiger partial charge in [-0.2, -0.15) is 9.78 Å². The molecule has 0 aliphatic heterocycles. The first-order valence-electron chi connectivity index (χ1n) is 7.77. The molecule has 0 atom stereocenters. The van der Waals surface area contributed by atoms with E-state index in [9.17, 15) is 0 Å². The summed E-state index contributed by atoms with van der Waals surface area (Å²) in [6.45, 7) is 2.00. The Kier molecular flexibility index (Phi) is 4.06. The van der Waals surface area contributed by atoms with Crippen molar-refractivity contribution in [2.45, 2.75) is 6.92 Å². The fourth-order valence-electron chi connectivity index (χ4n) is 2.72. The number of H-pyrrole nitrogens is 1. The number of para-hydroxylation sites is 1. The Morgan fingerprint density at radius 2 is 1.85 bits per heavy atom. The fourth-order valence-corrected chi connectivity index (χ4v) is 3.07. The van der Waals surface area contributed by atoms with Gasteiger partial charge >= 0.3 is 0 Å². The first-order valence-corrected chi connectivity index (χ1v) is 8.56. The van der Waals surface area contributed by atoms with Crippen molar-refractivity contribution < 1.29 is 0 Å². The topological polar surface area (TPSA) is 90.3 Å². The number of hydrogen-bond acceptors (Lipinski definition) is 5. The molecule has 2 aromatic heterocycles. The number of anilines is 1. The second kappa shape index (κ2) is 6.40. The molecule has 3 N–H and O–H groups in total. The van der Waals surface area contributed by atoms with Gasteiger partial charge in [-0.3, -0.25) is 9.67 Å². The molecule has 130 valence electrons.